The van der Waals surface area contributed by atoms with Crippen molar-refractivity contribution < 1.29 is 0 Å². The van der Waals surface area contributed by atoms with Crippen LogP contribution >= 0.6 is 0 Å². The first-order valence-corrected chi connectivity index (χ1v) is 5.17. The summed E-state index contributed by atoms with van der Waals surface area (Å²) in [6.07, 6.45) is 4.49. The summed E-state index contributed by atoms with van der Waals surface area (Å²) in [7, 11) is 0. The number of nitrogens with zero attached hydrogens (tertiary/aromatic N) is 1. The van der Waals surface area contributed by atoms with Crippen LogP contribution in [0.5, 0.6) is 0 Å². The van der Waals surface area contributed by atoms with Gasteiger partial charge in [0, 0.05) is 6.54 Å². The largest absolute Gasteiger partial charge is 0.364 e. The van der Waals surface area contributed by atoms with Crippen molar-refractivity contribution in [1.82, 2.24) is 15.2 Å². The van der Waals surface area contributed by atoms with E-state index in [0.29, 0.717) is 6.54 Å². The highest BCUT2D eigenvalue weighted by molar-refractivity contribution is 5.28. The van der Waals surface area contributed by atoms with E-state index in [9.17, 15) is 9.59 Å². The molecule has 0 amide bonds. The molecule has 1 aromatic heterocycles. The van der Waals surface area contributed by atoms with E-state index in [1.165, 1.54) is 12.8 Å². The van der Waals surface area contributed by atoms with E-state index in [0.717, 1.165) is 12.8 Å². The molecule has 0 aliphatic rings. The number of nitrogens with one attached hydrogen (secondary N) is 3. The summed E-state index contributed by atoms with van der Waals surface area (Å²) in [5, 5.41) is 8.65. The third kappa shape index (κ3) is 3.97. The monoisotopic (exact) mass is 212 g/mol. The van der Waals surface area contributed by atoms with Crippen molar-refractivity contribution in [2.24, 2.45) is 0 Å². The summed E-state index contributed by atoms with van der Waals surface area (Å²) in [6, 6.07) is 0. The van der Waals surface area contributed by atoms with Crippen LogP contribution < -0.4 is 16.6 Å². The Balaban J connectivity index is 2.38. The van der Waals surface area contributed by atoms with Gasteiger partial charge in [-0.1, -0.05) is 26.2 Å². The van der Waals surface area contributed by atoms with Gasteiger partial charge in [0.05, 0.1) is 0 Å². The van der Waals surface area contributed by atoms with E-state index in [4.69, 9.17) is 0 Å². The molecule has 6 nitrogen and oxygen atoms in total. The molecular weight excluding hydrogens is 196 g/mol. The molecule has 0 saturated carbocycles. The van der Waals surface area contributed by atoms with Crippen LogP contribution in [0, 0.1) is 0 Å². The predicted octanol–water partition coefficient (Wildman–Crippen LogP) is 0.450. The minimum absolute atomic E-state index is 0.172. The van der Waals surface area contributed by atoms with Gasteiger partial charge in [-0.05, 0) is 6.42 Å². The molecule has 6 heteroatoms. The van der Waals surface area contributed by atoms with Gasteiger partial charge in [0.2, 0.25) is 5.82 Å². The van der Waals surface area contributed by atoms with Gasteiger partial charge in [-0.2, -0.15) is 0 Å². The smallest absolute Gasteiger partial charge is 0.342 e. The molecule has 3 N–H and O–H groups in total. The molecule has 0 atom stereocenters. The van der Waals surface area contributed by atoms with E-state index in [-0.39, 0.29) is 5.82 Å². The number of aromatic amines is 2. The average Bonchev–Trinajstić information content (AvgIpc) is 2.20. The highest BCUT2D eigenvalue weighted by atomic mass is 16.2. The minimum atomic E-state index is -0.587. The van der Waals surface area contributed by atoms with Crippen molar-refractivity contribution in [2.75, 3.05) is 11.9 Å². The minimum Gasteiger partial charge on any atom is -0.364 e. The van der Waals surface area contributed by atoms with Crippen molar-refractivity contribution in [2.45, 2.75) is 32.6 Å². The number of unbranched alkanes of at least 4 members (excludes halogenated alkanes) is 3. The molecule has 0 spiro atoms. The number of rotatable bonds is 6. The summed E-state index contributed by atoms with van der Waals surface area (Å²) >= 11 is 0. The second-order valence-electron chi connectivity index (χ2n) is 3.34. The Kier molecular flexibility index (Phi) is 4.59. The second-order valence-corrected chi connectivity index (χ2v) is 3.34. The van der Waals surface area contributed by atoms with Crippen LogP contribution in [-0.2, 0) is 0 Å². The Morgan fingerprint density at radius 1 is 1.27 bits per heavy atom. The van der Waals surface area contributed by atoms with Crippen molar-refractivity contribution in [3.05, 3.63) is 20.8 Å². The lowest BCUT2D eigenvalue weighted by Crippen LogP contribution is -2.27. The maximum Gasteiger partial charge on any atom is 0.342 e. The molecule has 0 saturated heterocycles. The average molecular weight is 212 g/mol. The number of hydrogen-bond acceptors (Lipinski definition) is 4. The third-order valence-electron chi connectivity index (χ3n) is 2.03. The summed E-state index contributed by atoms with van der Waals surface area (Å²) in [5.41, 5.74) is -1.06. The Morgan fingerprint density at radius 2 is 2.07 bits per heavy atom. The highest BCUT2D eigenvalue weighted by Gasteiger charge is 1.99. The molecule has 0 unspecified atom stereocenters. The number of aromatic nitrogens is 3. The van der Waals surface area contributed by atoms with Gasteiger partial charge in [-0.3, -0.25) is 9.78 Å². The lowest BCUT2D eigenvalue weighted by Gasteiger charge is -2.02. The standard InChI is InChI=1S/C9H16N4O2/c1-2-3-4-5-6-10-7-8(14)11-9(15)13-12-7/h2-6H2,1H3,(H,10,12)(H2,11,13,14,15). The first kappa shape index (κ1) is 11.5. The van der Waals surface area contributed by atoms with Crippen molar-refractivity contribution >= 4 is 5.82 Å². The molecule has 0 aliphatic heterocycles. The van der Waals surface area contributed by atoms with Gasteiger partial charge in [0.25, 0.3) is 5.56 Å². The lowest BCUT2D eigenvalue weighted by molar-refractivity contribution is 0.682. The maximum absolute atomic E-state index is 11.2. The zero-order chi connectivity index (χ0) is 11.1. The molecule has 0 aromatic carbocycles. The van der Waals surface area contributed by atoms with Crippen LogP contribution in [0.3, 0.4) is 0 Å². The van der Waals surface area contributed by atoms with Crippen molar-refractivity contribution in [3.63, 3.8) is 0 Å². The Labute approximate surface area is 87.1 Å². The van der Waals surface area contributed by atoms with E-state index >= 15 is 0 Å². The quantitative estimate of drug-likeness (QED) is 0.597. The number of hydrogen-bond donors (Lipinski definition) is 3. The van der Waals surface area contributed by atoms with Gasteiger partial charge in [-0.25, -0.2) is 9.89 Å². The molecule has 0 fully saturated rings. The number of H-pyrrole nitrogens is 2. The zero-order valence-corrected chi connectivity index (χ0v) is 8.80. The van der Waals surface area contributed by atoms with Gasteiger partial charge in [0.1, 0.15) is 0 Å². The lowest BCUT2D eigenvalue weighted by atomic mass is 10.2. The van der Waals surface area contributed by atoms with Crippen molar-refractivity contribution in [3.8, 4) is 0 Å². The highest BCUT2D eigenvalue weighted by Crippen LogP contribution is 1.98. The molecule has 84 valence electrons. The van der Waals surface area contributed by atoms with Crippen LogP contribution in [0.15, 0.2) is 9.59 Å². The Hall–Kier alpha value is -1.59. The van der Waals surface area contributed by atoms with Crippen LogP contribution in [0.25, 0.3) is 0 Å². The molecular formula is C9H16N4O2. The fourth-order valence-electron chi connectivity index (χ4n) is 1.23. The molecule has 1 heterocycles. The summed E-state index contributed by atoms with van der Waals surface area (Å²) in [5.74, 6) is 0.172. The first-order chi connectivity index (χ1) is 7.24. The molecule has 1 aromatic rings. The SMILES string of the molecule is CCCCCCNc1n[nH]c(=O)[nH]c1=O. The van der Waals surface area contributed by atoms with Crippen molar-refractivity contribution in [1.29, 1.82) is 0 Å². The van der Waals surface area contributed by atoms with Crippen LogP contribution in [0.1, 0.15) is 32.6 Å². The van der Waals surface area contributed by atoms with Crippen LogP contribution in [0.4, 0.5) is 5.82 Å². The Morgan fingerprint density at radius 3 is 2.73 bits per heavy atom. The molecule has 1 rings (SSSR count). The van der Waals surface area contributed by atoms with Gasteiger partial charge >= 0.3 is 5.69 Å². The first-order valence-electron chi connectivity index (χ1n) is 5.17. The van der Waals surface area contributed by atoms with E-state index in [1.807, 2.05) is 0 Å². The topological polar surface area (TPSA) is 90.6 Å². The van der Waals surface area contributed by atoms with E-state index < -0.39 is 11.2 Å². The fourth-order valence-corrected chi connectivity index (χ4v) is 1.23. The van der Waals surface area contributed by atoms with Gasteiger partial charge in [0.15, 0.2) is 0 Å². The molecule has 0 bridgehead atoms. The van der Waals surface area contributed by atoms with E-state index in [2.05, 4.69) is 27.4 Å². The van der Waals surface area contributed by atoms with E-state index in [1.54, 1.807) is 0 Å². The zero-order valence-electron chi connectivity index (χ0n) is 8.80. The molecule has 0 radical (unpaired) electrons. The predicted molar refractivity (Wildman–Crippen MR) is 58.1 cm³/mol. The number of anilines is 1. The normalized spacial score (nSPS) is 10.2. The fraction of sp³-hybridized carbons (Fsp3) is 0.667. The summed E-state index contributed by atoms with van der Waals surface area (Å²) in [4.78, 5) is 23.9. The summed E-state index contributed by atoms with van der Waals surface area (Å²) < 4.78 is 0. The summed E-state index contributed by atoms with van der Waals surface area (Å²) in [6.45, 7) is 2.84. The third-order valence-corrected chi connectivity index (χ3v) is 2.03. The van der Waals surface area contributed by atoms with Crippen LogP contribution in [-0.4, -0.2) is 21.7 Å². The van der Waals surface area contributed by atoms with Gasteiger partial charge < -0.3 is 5.32 Å². The molecule has 0 aliphatic carbocycles. The second kappa shape index (κ2) is 6.00. The maximum atomic E-state index is 11.2. The molecule has 15 heavy (non-hydrogen) atoms. The van der Waals surface area contributed by atoms with Gasteiger partial charge in [-0.15, -0.1) is 5.10 Å². The van der Waals surface area contributed by atoms with Crippen LogP contribution in [0.2, 0.25) is 0 Å². The Bertz CT molecular complexity index is 396.